The van der Waals surface area contributed by atoms with Crippen molar-refractivity contribution in [3.63, 3.8) is 0 Å². The number of guanidine groups is 1. The van der Waals surface area contributed by atoms with Crippen LogP contribution in [0.5, 0.6) is 0 Å². The summed E-state index contributed by atoms with van der Waals surface area (Å²) in [6.45, 7) is -0.361. The Balaban J connectivity index is 0.00000196. The predicted molar refractivity (Wildman–Crippen MR) is 68.1 cm³/mol. The van der Waals surface area contributed by atoms with Crippen LogP contribution in [-0.4, -0.2) is 32.0 Å². The fraction of sp³-hybridized carbons (Fsp3) is 0.667. The monoisotopic (exact) mass is 331 g/mol. The lowest BCUT2D eigenvalue weighted by molar-refractivity contribution is 0.152. The molecule has 0 aromatic carbocycles. The Bertz CT molecular complexity index is 223. The summed E-state index contributed by atoms with van der Waals surface area (Å²) in [5.41, 5.74) is 0. The van der Waals surface area contributed by atoms with Gasteiger partial charge in [0.15, 0.2) is 5.96 Å². The Labute approximate surface area is 105 Å². The third-order valence-electron chi connectivity index (χ3n) is 2.00. The SMILES string of the molecule is CN=C(NCC(F)F)NC1CC=CC1.I. The normalized spacial score (nSPS) is 16.7. The smallest absolute Gasteiger partial charge is 0.255 e. The van der Waals surface area contributed by atoms with E-state index in [0.717, 1.165) is 12.8 Å². The molecule has 6 heteroatoms. The number of alkyl halides is 2. The average molecular weight is 331 g/mol. The molecule has 15 heavy (non-hydrogen) atoms. The van der Waals surface area contributed by atoms with Crippen LogP contribution in [0.3, 0.4) is 0 Å². The molecule has 0 spiro atoms. The third kappa shape index (κ3) is 5.91. The van der Waals surface area contributed by atoms with Gasteiger partial charge in [0, 0.05) is 13.1 Å². The van der Waals surface area contributed by atoms with Crippen LogP contribution in [0.4, 0.5) is 8.78 Å². The van der Waals surface area contributed by atoms with E-state index in [4.69, 9.17) is 0 Å². The second-order valence-electron chi connectivity index (χ2n) is 3.13. The van der Waals surface area contributed by atoms with Gasteiger partial charge in [-0.25, -0.2) is 8.78 Å². The van der Waals surface area contributed by atoms with E-state index < -0.39 is 6.43 Å². The minimum Gasteiger partial charge on any atom is -0.353 e. The van der Waals surface area contributed by atoms with Crippen LogP contribution in [0, 0.1) is 0 Å². The maximum absolute atomic E-state index is 11.9. The van der Waals surface area contributed by atoms with Crippen molar-refractivity contribution in [1.29, 1.82) is 0 Å². The molecular formula is C9H16F2IN3. The molecule has 0 atom stereocenters. The molecule has 0 bridgehead atoms. The standard InChI is InChI=1S/C9H15F2N3.HI/c1-12-9(13-6-8(10)11)14-7-4-2-3-5-7;/h2-3,7-8H,4-6H2,1H3,(H2,12,13,14);1H. The highest BCUT2D eigenvalue weighted by molar-refractivity contribution is 14.0. The topological polar surface area (TPSA) is 36.4 Å². The van der Waals surface area contributed by atoms with Gasteiger partial charge >= 0.3 is 0 Å². The Kier molecular flexibility index (Phi) is 7.63. The van der Waals surface area contributed by atoms with Crippen LogP contribution in [0.15, 0.2) is 17.1 Å². The first-order chi connectivity index (χ1) is 6.72. The quantitative estimate of drug-likeness (QED) is 0.358. The molecule has 1 aliphatic carbocycles. The molecule has 0 aromatic heterocycles. The van der Waals surface area contributed by atoms with Gasteiger partial charge in [0.05, 0.1) is 6.54 Å². The first-order valence-corrected chi connectivity index (χ1v) is 4.62. The summed E-state index contributed by atoms with van der Waals surface area (Å²) < 4.78 is 23.8. The number of nitrogens with one attached hydrogen (secondary N) is 2. The van der Waals surface area contributed by atoms with Gasteiger partial charge in [-0.2, -0.15) is 0 Å². The van der Waals surface area contributed by atoms with Crippen LogP contribution < -0.4 is 10.6 Å². The number of halogens is 3. The van der Waals surface area contributed by atoms with Gasteiger partial charge in [-0.05, 0) is 12.8 Å². The van der Waals surface area contributed by atoms with E-state index >= 15 is 0 Å². The van der Waals surface area contributed by atoms with Gasteiger partial charge in [0.1, 0.15) is 0 Å². The summed E-state index contributed by atoms with van der Waals surface area (Å²) in [4.78, 5) is 3.86. The summed E-state index contributed by atoms with van der Waals surface area (Å²) in [6.07, 6.45) is 3.64. The van der Waals surface area contributed by atoms with Crippen molar-refractivity contribution < 1.29 is 8.78 Å². The molecule has 0 aromatic rings. The van der Waals surface area contributed by atoms with Crippen molar-refractivity contribution in [3.05, 3.63) is 12.2 Å². The van der Waals surface area contributed by atoms with E-state index in [1.807, 2.05) is 0 Å². The molecule has 0 fully saturated rings. The molecule has 3 nitrogen and oxygen atoms in total. The lowest BCUT2D eigenvalue weighted by Gasteiger charge is -2.16. The Hall–Kier alpha value is -0.400. The molecule has 0 amide bonds. The maximum atomic E-state index is 11.9. The van der Waals surface area contributed by atoms with Crippen LogP contribution in [0.1, 0.15) is 12.8 Å². The van der Waals surface area contributed by atoms with Crippen LogP contribution in [0.25, 0.3) is 0 Å². The highest BCUT2D eigenvalue weighted by Crippen LogP contribution is 2.08. The van der Waals surface area contributed by atoms with Gasteiger partial charge in [-0.15, -0.1) is 24.0 Å². The number of aliphatic imine (C=N–C) groups is 1. The van der Waals surface area contributed by atoms with Crippen molar-refractivity contribution in [2.75, 3.05) is 13.6 Å². The van der Waals surface area contributed by atoms with Gasteiger partial charge in [-0.3, -0.25) is 4.99 Å². The van der Waals surface area contributed by atoms with Crippen molar-refractivity contribution in [1.82, 2.24) is 10.6 Å². The number of hydrogen-bond acceptors (Lipinski definition) is 1. The largest absolute Gasteiger partial charge is 0.353 e. The van der Waals surface area contributed by atoms with E-state index in [2.05, 4.69) is 27.8 Å². The van der Waals surface area contributed by atoms with E-state index in [9.17, 15) is 8.78 Å². The Morgan fingerprint density at radius 2 is 2.07 bits per heavy atom. The zero-order chi connectivity index (χ0) is 10.4. The van der Waals surface area contributed by atoms with E-state index in [-0.39, 0.29) is 30.5 Å². The first-order valence-electron chi connectivity index (χ1n) is 4.62. The molecule has 0 aliphatic heterocycles. The molecule has 0 unspecified atom stereocenters. The first kappa shape index (κ1) is 14.6. The molecule has 0 saturated heterocycles. The van der Waals surface area contributed by atoms with Crippen molar-refractivity contribution >= 4 is 29.9 Å². The number of nitrogens with zero attached hydrogens (tertiary/aromatic N) is 1. The average Bonchev–Trinajstić information content (AvgIpc) is 2.64. The molecule has 0 saturated carbocycles. The van der Waals surface area contributed by atoms with Gasteiger partial charge in [0.25, 0.3) is 6.43 Å². The molecule has 0 heterocycles. The second kappa shape index (κ2) is 7.84. The van der Waals surface area contributed by atoms with Crippen LogP contribution in [-0.2, 0) is 0 Å². The Morgan fingerprint density at radius 3 is 2.53 bits per heavy atom. The van der Waals surface area contributed by atoms with Gasteiger partial charge in [-0.1, -0.05) is 12.2 Å². The lowest BCUT2D eigenvalue weighted by Crippen LogP contribution is -2.44. The molecule has 88 valence electrons. The molecule has 1 rings (SSSR count). The van der Waals surface area contributed by atoms with Gasteiger partial charge < -0.3 is 10.6 Å². The lowest BCUT2D eigenvalue weighted by atomic mass is 10.2. The third-order valence-corrected chi connectivity index (χ3v) is 2.00. The molecule has 0 radical (unpaired) electrons. The summed E-state index contributed by atoms with van der Waals surface area (Å²) in [7, 11) is 1.57. The van der Waals surface area contributed by atoms with E-state index in [1.165, 1.54) is 0 Å². The van der Waals surface area contributed by atoms with E-state index in [0.29, 0.717) is 12.0 Å². The summed E-state index contributed by atoms with van der Waals surface area (Å²) in [5, 5.41) is 5.62. The summed E-state index contributed by atoms with van der Waals surface area (Å²) in [5.74, 6) is 0.444. The summed E-state index contributed by atoms with van der Waals surface area (Å²) >= 11 is 0. The van der Waals surface area contributed by atoms with Crippen LogP contribution in [0.2, 0.25) is 0 Å². The number of hydrogen-bond donors (Lipinski definition) is 2. The van der Waals surface area contributed by atoms with Crippen LogP contribution >= 0.6 is 24.0 Å². The van der Waals surface area contributed by atoms with Gasteiger partial charge in [0.2, 0.25) is 0 Å². The second-order valence-corrected chi connectivity index (χ2v) is 3.13. The maximum Gasteiger partial charge on any atom is 0.255 e. The van der Waals surface area contributed by atoms with Crippen molar-refractivity contribution in [3.8, 4) is 0 Å². The highest BCUT2D eigenvalue weighted by Gasteiger charge is 2.12. The predicted octanol–water partition coefficient (Wildman–Crippen LogP) is 1.75. The summed E-state index contributed by atoms with van der Waals surface area (Å²) in [6, 6.07) is 0.291. The minimum absolute atomic E-state index is 0. The zero-order valence-electron chi connectivity index (χ0n) is 8.54. The zero-order valence-corrected chi connectivity index (χ0v) is 10.9. The Morgan fingerprint density at radius 1 is 1.47 bits per heavy atom. The molecular weight excluding hydrogens is 315 g/mol. The molecule has 2 N–H and O–H groups in total. The van der Waals surface area contributed by atoms with Crippen molar-refractivity contribution in [2.24, 2.45) is 4.99 Å². The number of rotatable bonds is 3. The molecule has 1 aliphatic rings. The fourth-order valence-corrected chi connectivity index (χ4v) is 1.30. The van der Waals surface area contributed by atoms with Crippen molar-refractivity contribution in [2.45, 2.75) is 25.3 Å². The highest BCUT2D eigenvalue weighted by atomic mass is 127. The fourth-order valence-electron chi connectivity index (χ4n) is 1.30. The minimum atomic E-state index is -2.35. The van der Waals surface area contributed by atoms with E-state index in [1.54, 1.807) is 7.05 Å².